The highest BCUT2D eigenvalue weighted by Crippen LogP contribution is 2.33. The molecule has 0 heterocycles. The van der Waals surface area contributed by atoms with E-state index in [1.165, 1.54) is 16.5 Å². The first kappa shape index (κ1) is 22.5. The summed E-state index contributed by atoms with van der Waals surface area (Å²) < 4.78 is 0. The van der Waals surface area contributed by atoms with Crippen LogP contribution in [0.5, 0.6) is 0 Å². The zero-order valence-electron chi connectivity index (χ0n) is 19.6. The molecule has 174 valence electrons. The van der Waals surface area contributed by atoms with E-state index < -0.39 is 5.92 Å². The SMILES string of the molecule is CC(=NNC(=O)CNC(=O)C(c1ccccc1)c1ccccc1)c1ccc2c3c(cccc13)CC2. The zero-order valence-corrected chi connectivity index (χ0v) is 19.6. The molecule has 0 radical (unpaired) electrons. The number of aryl methyl sites for hydroxylation is 2. The molecule has 1 aliphatic carbocycles. The average Bonchev–Trinajstić information content (AvgIpc) is 3.32. The third-order valence-corrected chi connectivity index (χ3v) is 6.57. The molecule has 0 saturated heterocycles. The van der Waals surface area contributed by atoms with Gasteiger partial charge in [0.25, 0.3) is 5.91 Å². The molecule has 1 aliphatic rings. The lowest BCUT2D eigenvalue weighted by Gasteiger charge is -2.17. The number of hydrogen-bond acceptors (Lipinski definition) is 3. The Morgan fingerprint density at radius 2 is 1.43 bits per heavy atom. The van der Waals surface area contributed by atoms with Crippen LogP contribution < -0.4 is 10.7 Å². The lowest BCUT2D eigenvalue weighted by atomic mass is 9.90. The maximum absolute atomic E-state index is 13.1. The Balaban J connectivity index is 1.27. The van der Waals surface area contributed by atoms with Gasteiger partial charge in [-0.2, -0.15) is 5.10 Å². The van der Waals surface area contributed by atoms with E-state index >= 15 is 0 Å². The normalized spacial score (nSPS) is 12.7. The summed E-state index contributed by atoms with van der Waals surface area (Å²) in [6.45, 7) is 1.73. The fourth-order valence-corrected chi connectivity index (χ4v) is 4.86. The molecule has 0 atom stereocenters. The van der Waals surface area contributed by atoms with Crippen molar-refractivity contribution >= 4 is 28.3 Å². The number of carbonyl (C=O) groups is 2. The Morgan fingerprint density at radius 3 is 2.09 bits per heavy atom. The van der Waals surface area contributed by atoms with E-state index in [1.807, 2.05) is 67.6 Å². The van der Waals surface area contributed by atoms with Gasteiger partial charge in [0.2, 0.25) is 5.91 Å². The quantitative estimate of drug-likeness (QED) is 0.309. The van der Waals surface area contributed by atoms with E-state index in [9.17, 15) is 9.59 Å². The molecule has 2 amide bonds. The zero-order chi connectivity index (χ0) is 24.2. The largest absolute Gasteiger partial charge is 0.346 e. The van der Waals surface area contributed by atoms with Gasteiger partial charge in [-0.1, -0.05) is 91.0 Å². The summed E-state index contributed by atoms with van der Waals surface area (Å²) in [5, 5.41) is 9.58. The fourth-order valence-electron chi connectivity index (χ4n) is 4.86. The molecule has 5 rings (SSSR count). The molecule has 0 bridgehead atoms. The number of nitrogens with zero attached hydrogens (tertiary/aromatic N) is 1. The first-order chi connectivity index (χ1) is 17.1. The molecule has 0 unspecified atom stereocenters. The summed E-state index contributed by atoms with van der Waals surface area (Å²) >= 11 is 0. The van der Waals surface area contributed by atoms with Gasteiger partial charge in [0.05, 0.1) is 18.2 Å². The van der Waals surface area contributed by atoms with Gasteiger partial charge < -0.3 is 5.32 Å². The summed E-state index contributed by atoms with van der Waals surface area (Å²) in [5.41, 5.74) is 8.81. The highest BCUT2D eigenvalue weighted by Gasteiger charge is 2.23. The van der Waals surface area contributed by atoms with Gasteiger partial charge in [0.15, 0.2) is 0 Å². The van der Waals surface area contributed by atoms with Crippen LogP contribution in [0.4, 0.5) is 0 Å². The smallest absolute Gasteiger partial charge is 0.259 e. The van der Waals surface area contributed by atoms with Crippen LogP contribution in [0.3, 0.4) is 0 Å². The van der Waals surface area contributed by atoms with E-state index in [0.29, 0.717) is 0 Å². The summed E-state index contributed by atoms with van der Waals surface area (Å²) in [4.78, 5) is 25.6. The van der Waals surface area contributed by atoms with Crippen molar-refractivity contribution in [2.45, 2.75) is 25.7 Å². The molecule has 2 N–H and O–H groups in total. The number of benzene rings is 4. The van der Waals surface area contributed by atoms with Gasteiger partial charge in [-0.15, -0.1) is 0 Å². The number of nitrogens with one attached hydrogen (secondary N) is 2. The van der Waals surface area contributed by atoms with Crippen molar-refractivity contribution < 1.29 is 9.59 Å². The minimum Gasteiger partial charge on any atom is -0.346 e. The molecule has 35 heavy (non-hydrogen) atoms. The second-order valence-electron chi connectivity index (χ2n) is 8.82. The Labute approximate surface area is 204 Å². The summed E-state index contributed by atoms with van der Waals surface area (Å²) in [7, 11) is 0. The van der Waals surface area contributed by atoms with Crippen LogP contribution in [-0.2, 0) is 22.4 Å². The van der Waals surface area contributed by atoms with Crippen molar-refractivity contribution in [1.29, 1.82) is 0 Å². The van der Waals surface area contributed by atoms with E-state index in [0.717, 1.165) is 40.6 Å². The maximum Gasteiger partial charge on any atom is 0.259 e. The van der Waals surface area contributed by atoms with E-state index in [4.69, 9.17) is 0 Å². The molecule has 0 aromatic heterocycles. The van der Waals surface area contributed by atoms with Crippen LogP contribution >= 0.6 is 0 Å². The minimum absolute atomic E-state index is 0.157. The van der Waals surface area contributed by atoms with Crippen molar-refractivity contribution in [3.8, 4) is 0 Å². The van der Waals surface area contributed by atoms with Gasteiger partial charge >= 0.3 is 0 Å². The third kappa shape index (κ3) is 4.71. The van der Waals surface area contributed by atoms with Crippen LogP contribution in [0.25, 0.3) is 10.8 Å². The van der Waals surface area contributed by atoms with Crippen LogP contribution in [0, 0.1) is 0 Å². The van der Waals surface area contributed by atoms with Crippen LogP contribution in [0.1, 0.15) is 40.7 Å². The third-order valence-electron chi connectivity index (χ3n) is 6.57. The van der Waals surface area contributed by atoms with Gasteiger partial charge in [0, 0.05) is 5.56 Å². The molecular formula is C30H27N3O2. The summed E-state index contributed by atoms with van der Waals surface area (Å²) in [6, 6.07) is 29.7. The predicted octanol–water partition coefficient (Wildman–Crippen LogP) is 4.73. The monoisotopic (exact) mass is 461 g/mol. The highest BCUT2D eigenvalue weighted by molar-refractivity contribution is 6.11. The summed E-state index contributed by atoms with van der Waals surface area (Å²) in [6.07, 6.45) is 2.13. The van der Waals surface area contributed by atoms with Crippen LogP contribution in [0.15, 0.2) is 96.1 Å². The highest BCUT2D eigenvalue weighted by atomic mass is 16.2. The number of hydrogen-bond donors (Lipinski definition) is 2. The number of hydrazone groups is 1. The van der Waals surface area contributed by atoms with Crippen molar-refractivity contribution in [3.63, 3.8) is 0 Å². The first-order valence-corrected chi connectivity index (χ1v) is 11.9. The summed E-state index contributed by atoms with van der Waals surface area (Å²) in [5.74, 6) is -1.10. The Kier molecular flexibility index (Phi) is 6.40. The minimum atomic E-state index is -0.496. The second-order valence-corrected chi connectivity index (χ2v) is 8.82. The lowest BCUT2D eigenvalue weighted by molar-refractivity contribution is -0.126. The van der Waals surface area contributed by atoms with Gasteiger partial charge in [0.1, 0.15) is 0 Å². The van der Waals surface area contributed by atoms with Crippen LogP contribution in [-0.4, -0.2) is 24.1 Å². The van der Waals surface area contributed by atoms with Crippen molar-refractivity contribution in [2.24, 2.45) is 5.10 Å². The van der Waals surface area contributed by atoms with Crippen molar-refractivity contribution in [2.75, 3.05) is 6.54 Å². The van der Waals surface area contributed by atoms with Gasteiger partial charge in [-0.3, -0.25) is 9.59 Å². The molecule has 5 heteroatoms. The Morgan fingerprint density at radius 1 is 0.800 bits per heavy atom. The topological polar surface area (TPSA) is 70.6 Å². The first-order valence-electron chi connectivity index (χ1n) is 11.9. The second kappa shape index (κ2) is 9.94. The fraction of sp³-hybridized carbons (Fsp3) is 0.167. The molecule has 0 fully saturated rings. The van der Waals surface area contributed by atoms with Gasteiger partial charge in [-0.05, 0) is 52.8 Å². The Hall–Kier alpha value is -4.25. The molecule has 4 aromatic carbocycles. The molecule has 0 saturated carbocycles. The molecule has 0 spiro atoms. The van der Waals surface area contributed by atoms with E-state index in [-0.39, 0.29) is 18.4 Å². The number of amides is 2. The molecular weight excluding hydrogens is 434 g/mol. The molecule has 5 nitrogen and oxygen atoms in total. The van der Waals surface area contributed by atoms with Gasteiger partial charge in [-0.25, -0.2) is 5.43 Å². The molecule has 0 aliphatic heterocycles. The number of carbonyl (C=O) groups excluding carboxylic acids is 2. The van der Waals surface area contributed by atoms with E-state index in [2.05, 4.69) is 46.2 Å². The van der Waals surface area contributed by atoms with E-state index in [1.54, 1.807) is 0 Å². The molecule has 4 aromatic rings. The maximum atomic E-state index is 13.1. The standard InChI is InChI=1S/C30H27N3O2/c1-20(25-18-17-24-16-15-23-13-8-14-26(25)28(23)24)32-33-27(34)19-31-30(35)29(21-9-4-2-5-10-21)22-11-6-3-7-12-22/h2-14,17-18,29H,15-16,19H2,1H3,(H,31,35)(H,33,34). The van der Waals surface area contributed by atoms with Crippen molar-refractivity contribution in [3.05, 3.63) is 119 Å². The lowest BCUT2D eigenvalue weighted by Crippen LogP contribution is -2.38. The number of rotatable bonds is 7. The van der Waals surface area contributed by atoms with Crippen LogP contribution in [0.2, 0.25) is 0 Å². The van der Waals surface area contributed by atoms with Crippen molar-refractivity contribution in [1.82, 2.24) is 10.7 Å². The predicted molar refractivity (Wildman–Crippen MR) is 139 cm³/mol. The Bertz CT molecular complexity index is 1360. The average molecular weight is 462 g/mol.